The molecule has 0 saturated carbocycles. The molecule has 5 heteroatoms. The minimum atomic E-state index is -0.0511. The van der Waals surface area contributed by atoms with Gasteiger partial charge >= 0.3 is 5.97 Å². The third-order valence-corrected chi connectivity index (χ3v) is 6.91. The summed E-state index contributed by atoms with van der Waals surface area (Å²) in [6, 6.07) is 7.02. The summed E-state index contributed by atoms with van der Waals surface area (Å²) in [7, 11) is 1.50. The van der Waals surface area contributed by atoms with Gasteiger partial charge < -0.3 is 4.74 Å². The second kappa shape index (κ2) is 5.91. The number of piperidine rings is 3. The smallest absolute Gasteiger partial charge is 0.310 e. The lowest BCUT2D eigenvalue weighted by molar-refractivity contribution is -0.153. The van der Waals surface area contributed by atoms with Gasteiger partial charge in [0.1, 0.15) is 0 Å². The fourth-order valence-electron chi connectivity index (χ4n) is 4.70. The van der Waals surface area contributed by atoms with Crippen LogP contribution in [0.15, 0.2) is 28.2 Å². The topological polar surface area (TPSA) is 29.5 Å². The lowest BCUT2D eigenvalue weighted by Gasteiger charge is -2.50. The van der Waals surface area contributed by atoms with E-state index in [-0.39, 0.29) is 11.9 Å². The molecule has 0 spiro atoms. The van der Waals surface area contributed by atoms with E-state index in [1.54, 1.807) is 0 Å². The second-order valence-corrected chi connectivity index (χ2v) is 8.02. The number of carbonyl (C=O) groups is 1. The van der Waals surface area contributed by atoms with Gasteiger partial charge in [-0.2, -0.15) is 0 Å². The first-order chi connectivity index (χ1) is 11.1. The number of benzene rings is 1. The average molecular weight is 397 g/mol. The van der Waals surface area contributed by atoms with Gasteiger partial charge in [-0.1, -0.05) is 29.3 Å². The van der Waals surface area contributed by atoms with Gasteiger partial charge in [-0.05, 0) is 58.8 Å². The SMILES string of the molecule is COC(=O)[C@H]1[C@@H]2C[C@@H]3CC[C@H]1N3C/C2=C\c1ccc(Br)c(Cl)c1. The number of hydrogen-bond acceptors (Lipinski definition) is 3. The van der Waals surface area contributed by atoms with E-state index in [1.165, 1.54) is 19.1 Å². The van der Waals surface area contributed by atoms with Crippen LogP contribution in [-0.2, 0) is 9.53 Å². The second-order valence-electron chi connectivity index (χ2n) is 6.75. The van der Waals surface area contributed by atoms with Crippen molar-refractivity contribution in [2.24, 2.45) is 11.8 Å². The molecule has 4 aliphatic rings. The van der Waals surface area contributed by atoms with Crippen molar-refractivity contribution in [3.63, 3.8) is 0 Å². The van der Waals surface area contributed by atoms with Gasteiger partial charge in [-0.25, -0.2) is 0 Å². The third kappa shape index (κ3) is 2.55. The third-order valence-electron chi connectivity index (χ3n) is 5.68. The van der Waals surface area contributed by atoms with E-state index in [1.807, 2.05) is 12.1 Å². The maximum Gasteiger partial charge on any atom is 0.310 e. The molecular formula is C18H19BrClNO2. The summed E-state index contributed by atoms with van der Waals surface area (Å²) in [4.78, 5) is 14.9. The molecule has 0 radical (unpaired) electrons. The van der Waals surface area contributed by atoms with Gasteiger partial charge in [0, 0.05) is 23.1 Å². The molecule has 4 heterocycles. The van der Waals surface area contributed by atoms with E-state index >= 15 is 0 Å². The Hall–Kier alpha value is -0.840. The summed E-state index contributed by atoms with van der Waals surface area (Å²) >= 11 is 9.63. The highest BCUT2D eigenvalue weighted by molar-refractivity contribution is 9.10. The van der Waals surface area contributed by atoms with Crippen LogP contribution in [-0.4, -0.2) is 36.6 Å². The van der Waals surface area contributed by atoms with Crippen molar-refractivity contribution in [1.82, 2.24) is 4.90 Å². The fourth-order valence-corrected chi connectivity index (χ4v) is 5.13. The molecule has 0 amide bonds. The number of ether oxygens (including phenoxy) is 1. The predicted molar refractivity (Wildman–Crippen MR) is 94.3 cm³/mol. The minimum absolute atomic E-state index is 0.00956. The maximum absolute atomic E-state index is 12.3. The molecule has 4 saturated heterocycles. The van der Waals surface area contributed by atoms with Gasteiger partial charge in [-0.3, -0.25) is 9.69 Å². The van der Waals surface area contributed by atoms with Crippen LogP contribution in [0.2, 0.25) is 5.02 Å². The van der Waals surface area contributed by atoms with E-state index in [0.717, 1.165) is 29.4 Å². The molecule has 0 N–H and O–H groups in total. The highest BCUT2D eigenvalue weighted by atomic mass is 79.9. The summed E-state index contributed by atoms with van der Waals surface area (Å²) in [5.74, 6) is 0.252. The van der Waals surface area contributed by atoms with Crippen LogP contribution in [0.1, 0.15) is 24.8 Å². The average Bonchev–Trinajstić information content (AvgIpc) is 2.85. The van der Waals surface area contributed by atoms with Crippen molar-refractivity contribution < 1.29 is 9.53 Å². The number of methoxy groups -OCH3 is 1. The Labute approximate surface area is 149 Å². The molecule has 5 atom stereocenters. The Morgan fingerprint density at radius 1 is 1.43 bits per heavy atom. The lowest BCUT2D eigenvalue weighted by atomic mass is 9.71. The molecule has 4 aliphatic heterocycles. The number of nitrogens with zero attached hydrogens (tertiary/aromatic N) is 1. The van der Waals surface area contributed by atoms with E-state index in [0.29, 0.717) is 23.0 Å². The normalized spacial score (nSPS) is 36.5. The molecule has 23 heavy (non-hydrogen) atoms. The highest BCUT2D eigenvalue weighted by Gasteiger charge is 2.55. The van der Waals surface area contributed by atoms with E-state index < -0.39 is 0 Å². The lowest BCUT2D eigenvalue weighted by Crippen LogP contribution is -2.58. The highest BCUT2D eigenvalue weighted by Crippen LogP contribution is 2.50. The standard InChI is InChI=1S/C18H19BrClNO2/c1-23-18(22)17-13-8-12-3-5-16(17)21(12)9-11(13)6-10-2-4-14(19)15(20)7-10/h2,4,6-7,12-13,16-17H,3,5,8-9H2,1H3/b11-6+/t12-,13+,16+,17-/m0/s1. The zero-order chi connectivity index (χ0) is 16.1. The van der Waals surface area contributed by atoms with Gasteiger partial charge in [0.25, 0.3) is 0 Å². The molecule has 1 unspecified atom stereocenters. The van der Waals surface area contributed by atoms with Crippen molar-refractivity contribution in [2.75, 3.05) is 13.7 Å². The van der Waals surface area contributed by atoms with Gasteiger partial charge in [0.2, 0.25) is 0 Å². The van der Waals surface area contributed by atoms with E-state index in [9.17, 15) is 4.79 Å². The largest absolute Gasteiger partial charge is 0.469 e. The quantitative estimate of drug-likeness (QED) is 0.704. The minimum Gasteiger partial charge on any atom is -0.469 e. The Morgan fingerprint density at radius 3 is 3.00 bits per heavy atom. The Bertz CT molecular complexity index is 690. The summed E-state index contributed by atoms with van der Waals surface area (Å²) in [6.07, 6.45) is 5.63. The first-order valence-electron chi connectivity index (χ1n) is 8.07. The van der Waals surface area contributed by atoms with Crippen molar-refractivity contribution in [3.8, 4) is 0 Å². The number of fused-ring (bicyclic) bond motifs is 1. The molecule has 0 aromatic heterocycles. The number of carbonyl (C=O) groups excluding carboxylic acids is 1. The molecule has 3 nitrogen and oxygen atoms in total. The molecule has 0 aliphatic carbocycles. The molecule has 4 fully saturated rings. The fraction of sp³-hybridized carbons (Fsp3) is 0.500. The van der Waals surface area contributed by atoms with E-state index in [2.05, 4.69) is 33.0 Å². The molecule has 1 aromatic rings. The van der Waals surface area contributed by atoms with Crippen LogP contribution in [0.4, 0.5) is 0 Å². The summed E-state index contributed by atoms with van der Waals surface area (Å²) in [6.45, 7) is 0.973. The van der Waals surface area contributed by atoms with E-state index in [4.69, 9.17) is 16.3 Å². The number of halogens is 2. The molecule has 4 bridgehead atoms. The maximum atomic E-state index is 12.3. The van der Waals surface area contributed by atoms with Crippen molar-refractivity contribution in [3.05, 3.63) is 38.8 Å². The molecule has 122 valence electrons. The molecule has 1 aromatic carbocycles. The van der Waals surface area contributed by atoms with Crippen molar-refractivity contribution >= 4 is 39.6 Å². The van der Waals surface area contributed by atoms with Crippen LogP contribution >= 0.6 is 27.5 Å². The summed E-state index contributed by atoms with van der Waals surface area (Å²) in [5.41, 5.74) is 2.44. The number of rotatable bonds is 2. The van der Waals surface area contributed by atoms with Gasteiger partial charge in [0.15, 0.2) is 0 Å². The van der Waals surface area contributed by atoms with Crippen LogP contribution in [0.3, 0.4) is 0 Å². The van der Waals surface area contributed by atoms with Gasteiger partial charge in [0.05, 0.1) is 18.1 Å². The van der Waals surface area contributed by atoms with Crippen LogP contribution in [0.25, 0.3) is 6.08 Å². The van der Waals surface area contributed by atoms with Crippen LogP contribution in [0, 0.1) is 11.8 Å². The summed E-state index contributed by atoms with van der Waals surface area (Å²) in [5, 5.41) is 0.713. The predicted octanol–water partition coefficient (Wildman–Crippen LogP) is 4.14. The zero-order valence-corrected chi connectivity index (χ0v) is 15.3. The first kappa shape index (κ1) is 15.7. The molecule has 5 rings (SSSR count). The first-order valence-corrected chi connectivity index (χ1v) is 9.24. The Kier molecular flexibility index (Phi) is 4.02. The van der Waals surface area contributed by atoms with Crippen LogP contribution < -0.4 is 0 Å². The van der Waals surface area contributed by atoms with Crippen molar-refractivity contribution in [2.45, 2.75) is 31.3 Å². The van der Waals surface area contributed by atoms with Crippen LogP contribution in [0.5, 0.6) is 0 Å². The number of hydrogen-bond donors (Lipinski definition) is 0. The zero-order valence-electron chi connectivity index (χ0n) is 13.0. The monoisotopic (exact) mass is 395 g/mol. The van der Waals surface area contributed by atoms with Gasteiger partial charge in [-0.15, -0.1) is 0 Å². The number of esters is 1. The Balaban J connectivity index is 1.69. The Morgan fingerprint density at radius 2 is 2.26 bits per heavy atom. The van der Waals surface area contributed by atoms with Crippen molar-refractivity contribution in [1.29, 1.82) is 0 Å². The molecular weight excluding hydrogens is 378 g/mol. The summed E-state index contributed by atoms with van der Waals surface area (Å²) < 4.78 is 6.01.